The van der Waals surface area contributed by atoms with Crippen molar-refractivity contribution in [1.82, 2.24) is 9.97 Å². The number of rotatable bonds is 6. The molecule has 18 heavy (non-hydrogen) atoms. The number of nitrogens with one attached hydrogen (secondary N) is 1. The van der Waals surface area contributed by atoms with E-state index in [1.165, 1.54) is 12.8 Å². The van der Waals surface area contributed by atoms with Gasteiger partial charge in [-0.3, -0.25) is 0 Å². The smallest absolute Gasteiger partial charge is 0.225 e. The molecule has 1 aromatic rings. The summed E-state index contributed by atoms with van der Waals surface area (Å²) in [6, 6.07) is 1.77. The number of ether oxygens (including phenoxy) is 2. The Labute approximate surface area is 108 Å². The topological polar surface area (TPSA) is 56.3 Å². The van der Waals surface area contributed by atoms with Gasteiger partial charge in [0.15, 0.2) is 0 Å². The Morgan fingerprint density at radius 2 is 2.50 bits per heavy atom. The summed E-state index contributed by atoms with van der Waals surface area (Å²) in [5.74, 6) is 1.93. The van der Waals surface area contributed by atoms with E-state index in [0.29, 0.717) is 24.4 Å². The minimum atomic E-state index is 0.621. The van der Waals surface area contributed by atoms with Gasteiger partial charge in [0.2, 0.25) is 11.8 Å². The van der Waals surface area contributed by atoms with Crippen molar-refractivity contribution in [1.29, 1.82) is 0 Å². The highest BCUT2D eigenvalue weighted by Crippen LogP contribution is 2.17. The maximum absolute atomic E-state index is 5.46. The summed E-state index contributed by atoms with van der Waals surface area (Å²) in [6.07, 6.45) is 5.26. The zero-order valence-corrected chi connectivity index (χ0v) is 10.9. The third-order valence-corrected chi connectivity index (χ3v) is 3.01. The van der Waals surface area contributed by atoms with Crippen LogP contribution in [0.1, 0.15) is 26.2 Å². The predicted octanol–water partition coefficient (Wildman–Crippen LogP) is 2.10. The Morgan fingerprint density at radius 3 is 3.28 bits per heavy atom. The van der Waals surface area contributed by atoms with Crippen LogP contribution in [-0.2, 0) is 4.74 Å². The second-order valence-electron chi connectivity index (χ2n) is 4.45. The summed E-state index contributed by atoms with van der Waals surface area (Å²) in [7, 11) is 0. The highest BCUT2D eigenvalue weighted by atomic mass is 16.5. The van der Waals surface area contributed by atoms with Gasteiger partial charge in [-0.15, -0.1) is 0 Å². The van der Waals surface area contributed by atoms with Gasteiger partial charge in [-0.1, -0.05) is 0 Å². The zero-order chi connectivity index (χ0) is 12.6. The van der Waals surface area contributed by atoms with Gasteiger partial charge in [-0.2, -0.15) is 4.98 Å². The first-order valence-corrected chi connectivity index (χ1v) is 6.66. The lowest BCUT2D eigenvalue weighted by molar-refractivity contribution is 0.0530. The summed E-state index contributed by atoms with van der Waals surface area (Å²) in [6.45, 7) is 5.25. The average Bonchev–Trinajstić information content (AvgIpc) is 2.41. The Balaban J connectivity index is 1.73. The van der Waals surface area contributed by atoms with Crippen LogP contribution in [0.25, 0.3) is 0 Å². The number of nitrogens with zero attached hydrogens (tertiary/aromatic N) is 2. The molecule has 0 saturated carbocycles. The van der Waals surface area contributed by atoms with Crippen LogP contribution in [0.2, 0.25) is 0 Å². The van der Waals surface area contributed by atoms with Crippen molar-refractivity contribution >= 4 is 5.95 Å². The van der Waals surface area contributed by atoms with Gasteiger partial charge in [0, 0.05) is 32.0 Å². The molecule has 0 aromatic carbocycles. The van der Waals surface area contributed by atoms with Crippen molar-refractivity contribution in [3.05, 3.63) is 12.3 Å². The first kappa shape index (κ1) is 13.1. The molecule has 1 unspecified atom stereocenters. The molecule has 0 radical (unpaired) electrons. The third-order valence-electron chi connectivity index (χ3n) is 3.01. The van der Waals surface area contributed by atoms with E-state index >= 15 is 0 Å². The van der Waals surface area contributed by atoms with Crippen molar-refractivity contribution in [3.63, 3.8) is 0 Å². The van der Waals surface area contributed by atoms with Crippen molar-refractivity contribution in [2.45, 2.75) is 26.2 Å². The van der Waals surface area contributed by atoms with Crippen LogP contribution in [0.5, 0.6) is 5.88 Å². The number of hydrogen-bond donors (Lipinski definition) is 1. The first-order chi connectivity index (χ1) is 8.88. The van der Waals surface area contributed by atoms with Gasteiger partial charge in [0.1, 0.15) is 0 Å². The SMILES string of the molecule is CCOc1ccnc(NCCC2CCCOC2)n1. The number of aromatic nitrogens is 2. The van der Waals surface area contributed by atoms with E-state index in [9.17, 15) is 0 Å². The van der Waals surface area contributed by atoms with Gasteiger partial charge in [-0.25, -0.2) is 4.98 Å². The molecule has 1 aliphatic rings. The maximum atomic E-state index is 5.46. The molecule has 1 aliphatic heterocycles. The monoisotopic (exact) mass is 251 g/mol. The molecular formula is C13H21N3O2. The molecular weight excluding hydrogens is 230 g/mol. The minimum Gasteiger partial charge on any atom is -0.478 e. The first-order valence-electron chi connectivity index (χ1n) is 6.66. The Kier molecular flexibility index (Phi) is 5.20. The largest absolute Gasteiger partial charge is 0.478 e. The molecule has 2 heterocycles. The van der Waals surface area contributed by atoms with Crippen LogP contribution in [-0.4, -0.2) is 36.3 Å². The molecule has 1 saturated heterocycles. The highest BCUT2D eigenvalue weighted by Gasteiger charge is 2.13. The van der Waals surface area contributed by atoms with E-state index < -0.39 is 0 Å². The Bertz CT molecular complexity index is 354. The van der Waals surface area contributed by atoms with Crippen molar-refractivity contribution in [3.8, 4) is 5.88 Å². The zero-order valence-electron chi connectivity index (χ0n) is 10.9. The quantitative estimate of drug-likeness (QED) is 0.839. The summed E-state index contributed by atoms with van der Waals surface area (Å²) in [5.41, 5.74) is 0. The second kappa shape index (κ2) is 7.16. The average molecular weight is 251 g/mol. The van der Waals surface area contributed by atoms with Crippen LogP contribution in [0, 0.1) is 5.92 Å². The Morgan fingerprint density at radius 1 is 1.56 bits per heavy atom. The highest BCUT2D eigenvalue weighted by molar-refractivity contribution is 5.27. The van der Waals surface area contributed by atoms with E-state index in [0.717, 1.165) is 26.2 Å². The van der Waals surface area contributed by atoms with E-state index in [4.69, 9.17) is 9.47 Å². The van der Waals surface area contributed by atoms with E-state index in [1.807, 2.05) is 6.92 Å². The van der Waals surface area contributed by atoms with Crippen molar-refractivity contribution in [2.24, 2.45) is 5.92 Å². The Hall–Kier alpha value is -1.36. The molecule has 1 N–H and O–H groups in total. The summed E-state index contributed by atoms with van der Waals surface area (Å²) in [5, 5.41) is 3.23. The van der Waals surface area contributed by atoms with Crippen LogP contribution in [0.3, 0.4) is 0 Å². The molecule has 1 fully saturated rings. The fourth-order valence-electron chi connectivity index (χ4n) is 2.08. The fraction of sp³-hybridized carbons (Fsp3) is 0.692. The second-order valence-corrected chi connectivity index (χ2v) is 4.45. The lowest BCUT2D eigenvalue weighted by atomic mass is 9.99. The summed E-state index contributed by atoms with van der Waals surface area (Å²) < 4.78 is 10.8. The standard InChI is InChI=1S/C13H21N3O2/c1-2-18-12-6-8-15-13(16-12)14-7-5-11-4-3-9-17-10-11/h6,8,11H,2-5,7,9-10H2,1H3,(H,14,15,16). The van der Waals surface area contributed by atoms with Crippen LogP contribution >= 0.6 is 0 Å². The molecule has 1 aromatic heterocycles. The molecule has 1 atom stereocenters. The molecule has 5 nitrogen and oxygen atoms in total. The summed E-state index contributed by atoms with van der Waals surface area (Å²) >= 11 is 0. The third kappa shape index (κ3) is 4.14. The van der Waals surface area contributed by atoms with Crippen molar-refractivity contribution < 1.29 is 9.47 Å². The number of anilines is 1. The molecule has 5 heteroatoms. The molecule has 100 valence electrons. The van der Waals surface area contributed by atoms with E-state index in [1.54, 1.807) is 12.3 Å². The van der Waals surface area contributed by atoms with Gasteiger partial charge in [0.25, 0.3) is 0 Å². The molecule has 0 spiro atoms. The number of hydrogen-bond acceptors (Lipinski definition) is 5. The predicted molar refractivity (Wildman–Crippen MR) is 69.9 cm³/mol. The lowest BCUT2D eigenvalue weighted by Gasteiger charge is -2.21. The normalized spacial score (nSPS) is 19.5. The van der Waals surface area contributed by atoms with Crippen LogP contribution in [0.15, 0.2) is 12.3 Å². The van der Waals surface area contributed by atoms with E-state index in [2.05, 4.69) is 15.3 Å². The van der Waals surface area contributed by atoms with Crippen LogP contribution in [0.4, 0.5) is 5.95 Å². The van der Waals surface area contributed by atoms with Gasteiger partial charge in [0.05, 0.1) is 6.61 Å². The minimum absolute atomic E-state index is 0.621. The lowest BCUT2D eigenvalue weighted by Crippen LogP contribution is -2.20. The van der Waals surface area contributed by atoms with Gasteiger partial charge in [-0.05, 0) is 32.1 Å². The molecule has 0 aliphatic carbocycles. The van der Waals surface area contributed by atoms with Crippen LogP contribution < -0.4 is 10.1 Å². The summed E-state index contributed by atoms with van der Waals surface area (Å²) in [4.78, 5) is 8.44. The van der Waals surface area contributed by atoms with Gasteiger partial charge >= 0.3 is 0 Å². The van der Waals surface area contributed by atoms with Crippen molar-refractivity contribution in [2.75, 3.05) is 31.7 Å². The van der Waals surface area contributed by atoms with Gasteiger partial charge < -0.3 is 14.8 Å². The maximum Gasteiger partial charge on any atom is 0.225 e. The molecule has 0 bridgehead atoms. The molecule has 2 rings (SSSR count). The molecule has 0 amide bonds. The fourth-order valence-corrected chi connectivity index (χ4v) is 2.08. The van der Waals surface area contributed by atoms with E-state index in [-0.39, 0.29) is 0 Å².